The number of aromatic amines is 1. The van der Waals surface area contributed by atoms with Crippen molar-refractivity contribution in [1.29, 1.82) is 0 Å². The third-order valence-corrected chi connectivity index (χ3v) is 7.56. The van der Waals surface area contributed by atoms with E-state index in [1.165, 1.54) is 17.0 Å². The van der Waals surface area contributed by atoms with E-state index in [1.807, 2.05) is 24.3 Å². The quantitative estimate of drug-likeness (QED) is 0.205. The van der Waals surface area contributed by atoms with Crippen LogP contribution in [-0.4, -0.2) is 74.5 Å². The molecule has 1 aliphatic heterocycles. The van der Waals surface area contributed by atoms with Gasteiger partial charge in [0.1, 0.15) is 23.9 Å². The van der Waals surface area contributed by atoms with E-state index in [2.05, 4.69) is 15.6 Å². The third-order valence-electron chi connectivity index (χ3n) is 7.56. The lowest BCUT2D eigenvalue weighted by Crippen LogP contribution is -2.58. The van der Waals surface area contributed by atoms with Crippen LogP contribution in [0.5, 0.6) is 5.75 Å². The fourth-order valence-corrected chi connectivity index (χ4v) is 5.13. The number of aromatic nitrogens is 1. The van der Waals surface area contributed by atoms with Crippen molar-refractivity contribution in [3.8, 4) is 5.75 Å². The van der Waals surface area contributed by atoms with Crippen molar-refractivity contribution in [3.63, 3.8) is 0 Å². The number of carboxylic acid groups (broad SMARTS) is 1. The number of phenolic OH excluding ortho intramolecular Hbond substituents is 1. The van der Waals surface area contributed by atoms with E-state index < -0.39 is 47.9 Å². The zero-order valence-corrected chi connectivity index (χ0v) is 23.2. The molecule has 1 aliphatic rings. The summed E-state index contributed by atoms with van der Waals surface area (Å²) >= 11 is 0. The standard InChI is InChI=1S/C30H37N5O6/c1-17(2)26(31)28(38)33-23(14-18-9-11-20(36)12-10-18)27(37)34-24(29(39)35-13-5-8-25(35)30(40)41)15-19-16-32-22-7-4-3-6-21(19)22/h3-4,6-7,9-12,16-17,23-26,32,36H,5,8,13-15,31H2,1-2H3,(H,33,38)(H,34,37)(H,40,41). The van der Waals surface area contributed by atoms with Gasteiger partial charge in [0.25, 0.3) is 0 Å². The van der Waals surface area contributed by atoms with Gasteiger partial charge in [-0.1, -0.05) is 44.2 Å². The molecular formula is C30H37N5O6. The van der Waals surface area contributed by atoms with E-state index in [9.17, 15) is 29.4 Å². The largest absolute Gasteiger partial charge is 0.508 e. The Morgan fingerprint density at radius 3 is 2.37 bits per heavy atom. The second-order valence-corrected chi connectivity index (χ2v) is 10.9. The maximum atomic E-state index is 13.8. The lowest BCUT2D eigenvalue weighted by atomic mass is 10.00. The summed E-state index contributed by atoms with van der Waals surface area (Å²) in [7, 11) is 0. The molecular weight excluding hydrogens is 526 g/mol. The number of para-hydroxylation sites is 1. The van der Waals surface area contributed by atoms with Crippen molar-refractivity contribution in [1.82, 2.24) is 20.5 Å². The van der Waals surface area contributed by atoms with Gasteiger partial charge in [-0.05, 0) is 48.1 Å². The second kappa shape index (κ2) is 12.9. The monoisotopic (exact) mass is 563 g/mol. The average molecular weight is 564 g/mol. The Hall–Kier alpha value is -4.38. The molecule has 0 saturated carbocycles. The summed E-state index contributed by atoms with van der Waals surface area (Å²) < 4.78 is 0. The highest BCUT2D eigenvalue weighted by molar-refractivity contribution is 5.95. The maximum absolute atomic E-state index is 13.8. The van der Waals surface area contributed by atoms with Crippen LogP contribution in [0.4, 0.5) is 0 Å². The average Bonchev–Trinajstić information content (AvgIpc) is 3.60. The number of H-pyrrole nitrogens is 1. The molecule has 0 aliphatic carbocycles. The van der Waals surface area contributed by atoms with Gasteiger partial charge in [0.05, 0.1) is 6.04 Å². The lowest BCUT2D eigenvalue weighted by Gasteiger charge is -2.29. The highest BCUT2D eigenvalue weighted by Crippen LogP contribution is 2.23. The van der Waals surface area contributed by atoms with Crippen LogP contribution in [-0.2, 0) is 32.0 Å². The Bertz CT molecular complexity index is 1400. The molecule has 4 atom stereocenters. The number of nitrogens with two attached hydrogens (primary N) is 1. The van der Waals surface area contributed by atoms with Crippen molar-refractivity contribution in [2.75, 3.05) is 6.54 Å². The molecule has 0 spiro atoms. The number of carboxylic acids is 1. The maximum Gasteiger partial charge on any atom is 0.326 e. The van der Waals surface area contributed by atoms with E-state index in [0.717, 1.165) is 16.5 Å². The van der Waals surface area contributed by atoms with Gasteiger partial charge in [0, 0.05) is 36.5 Å². The molecule has 4 unspecified atom stereocenters. The van der Waals surface area contributed by atoms with Crippen molar-refractivity contribution in [3.05, 3.63) is 65.9 Å². The molecule has 11 nitrogen and oxygen atoms in total. The van der Waals surface area contributed by atoms with Crippen LogP contribution in [0.25, 0.3) is 10.9 Å². The molecule has 3 aromatic rings. The van der Waals surface area contributed by atoms with Gasteiger partial charge in [-0.2, -0.15) is 0 Å². The minimum atomic E-state index is -1.09. The number of nitrogens with zero attached hydrogens (tertiary/aromatic N) is 1. The van der Waals surface area contributed by atoms with Gasteiger partial charge in [0.15, 0.2) is 0 Å². The van der Waals surface area contributed by atoms with E-state index in [1.54, 1.807) is 32.2 Å². The number of hydrogen-bond acceptors (Lipinski definition) is 6. The zero-order chi connectivity index (χ0) is 29.7. The van der Waals surface area contributed by atoms with Crippen LogP contribution in [0.2, 0.25) is 0 Å². The summed E-state index contributed by atoms with van der Waals surface area (Å²) in [5.74, 6) is -2.82. The van der Waals surface area contributed by atoms with Crippen molar-refractivity contribution in [2.45, 2.75) is 63.7 Å². The molecule has 1 fully saturated rings. The van der Waals surface area contributed by atoms with Gasteiger partial charge in [-0.15, -0.1) is 0 Å². The van der Waals surface area contributed by atoms with Crippen LogP contribution in [0.3, 0.4) is 0 Å². The highest BCUT2D eigenvalue weighted by Gasteiger charge is 2.39. The first-order valence-electron chi connectivity index (χ1n) is 13.8. The van der Waals surface area contributed by atoms with Crippen molar-refractivity contribution < 1.29 is 29.4 Å². The second-order valence-electron chi connectivity index (χ2n) is 10.9. The predicted octanol–water partition coefficient (Wildman–Crippen LogP) is 1.69. The molecule has 11 heteroatoms. The van der Waals surface area contributed by atoms with Gasteiger partial charge >= 0.3 is 5.97 Å². The number of rotatable bonds is 11. The number of amides is 3. The molecule has 2 heterocycles. The van der Waals surface area contributed by atoms with Gasteiger partial charge in [-0.25, -0.2) is 4.79 Å². The topological polar surface area (TPSA) is 178 Å². The Labute approximate surface area is 238 Å². The summed E-state index contributed by atoms with van der Waals surface area (Å²) in [5.41, 5.74) is 8.37. The molecule has 0 bridgehead atoms. The number of likely N-dealkylation sites (tertiary alicyclic amines) is 1. The van der Waals surface area contributed by atoms with Crippen molar-refractivity contribution >= 4 is 34.6 Å². The number of phenols is 1. The van der Waals surface area contributed by atoms with E-state index >= 15 is 0 Å². The summed E-state index contributed by atoms with van der Waals surface area (Å²) in [6, 6.07) is 9.81. The minimum Gasteiger partial charge on any atom is -0.508 e. The SMILES string of the molecule is CC(C)C(N)C(=O)NC(Cc1ccc(O)cc1)C(=O)NC(Cc1c[nH]c2ccccc12)C(=O)N1CCCC1C(=O)O. The molecule has 41 heavy (non-hydrogen) atoms. The van der Waals surface area contributed by atoms with E-state index in [0.29, 0.717) is 18.4 Å². The Balaban J connectivity index is 1.63. The molecule has 4 rings (SSSR count). The van der Waals surface area contributed by atoms with E-state index in [4.69, 9.17) is 5.73 Å². The third kappa shape index (κ3) is 7.04. The van der Waals surface area contributed by atoms with Gasteiger partial charge in [-0.3, -0.25) is 14.4 Å². The molecule has 0 radical (unpaired) electrons. The minimum absolute atomic E-state index is 0.0589. The molecule has 218 valence electrons. The first-order valence-corrected chi connectivity index (χ1v) is 13.8. The number of nitrogens with one attached hydrogen (secondary N) is 3. The number of carbonyl (C=O) groups is 4. The first-order chi connectivity index (χ1) is 19.5. The zero-order valence-electron chi connectivity index (χ0n) is 23.2. The molecule has 3 amide bonds. The number of carbonyl (C=O) groups excluding carboxylic acids is 3. The van der Waals surface area contributed by atoms with Crippen LogP contribution in [0.1, 0.15) is 37.8 Å². The van der Waals surface area contributed by atoms with Crippen molar-refractivity contribution in [2.24, 2.45) is 11.7 Å². The summed E-state index contributed by atoms with van der Waals surface area (Å²) in [5, 5.41) is 25.8. The fourth-order valence-electron chi connectivity index (χ4n) is 5.13. The number of aliphatic carboxylic acids is 1. The number of fused-ring (bicyclic) bond motifs is 1. The summed E-state index contributed by atoms with van der Waals surface area (Å²) in [6.45, 7) is 3.86. The fraction of sp³-hybridized carbons (Fsp3) is 0.400. The van der Waals surface area contributed by atoms with Crippen LogP contribution in [0.15, 0.2) is 54.7 Å². The smallest absolute Gasteiger partial charge is 0.326 e. The molecule has 1 aromatic heterocycles. The van der Waals surface area contributed by atoms with Crippen LogP contribution >= 0.6 is 0 Å². The Morgan fingerprint density at radius 2 is 1.68 bits per heavy atom. The predicted molar refractivity (Wildman–Crippen MR) is 153 cm³/mol. The van der Waals surface area contributed by atoms with Gasteiger partial charge in [0.2, 0.25) is 17.7 Å². The number of benzene rings is 2. The van der Waals surface area contributed by atoms with Crippen LogP contribution in [0, 0.1) is 5.92 Å². The number of hydrogen-bond donors (Lipinski definition) is 6. The summed E-state index contributed by atoms with van der Waals surface area (Å²) in [6.07, 6.45) is 2.85. The van der Waals surface area contributed by atoms with E-state index in [-0.39, 0.29) is 31.1 Å². The van der Waals surface area contributed by atoms with Crippen LogP contribution < -0.4 is 16.4 Å². The normalized spacial score (nSPS) is 17.3. The highest BCUT2D eigenvalue weighted by atomic mass is 16.4. The lowest BCUT2D eigenvalue weighted by molar-refractivity contribution is -0.149. The molecule has 1 saturated heterocycles. The number of aromatic hydroxyl groups is 1. The Morgan fingerprint density at radius 1 is 1.00 bits per heavy atom. The summed E-state index contributed by atoms with van der Waals surface area (Å²) in [4.78, 5) is 56.8. The van der Waals surface area contributed by atoms with Gasteiger partial charge < -0.3 is 36.5 Å². The first kappa shape index (κ1) is 29.6. The Kier molecular flexibility index (Phi) is 9.28. The molecule has 7 N–H and O–H groups in total. The molecule has 2 aromatic carbocycles.